The van der Waals surface area contributed by atoms with E-state index in [0.717, 1.165) is 11.1 Å². The van der Waals surface area contributed by atoms with Gasteiger partial charge in [0.05, 0.1) is 6.54 Å². The standard InChI is InChI=1S/C25H30FNO5/c1-24(2,3)32-22(28)25(4,5)31-19-13-18-11-12-27(15-20(18)21(26)14-19)23(29)30-16-17-9-7-6-8-10-17/h6-10,13-14H,11-12,15-16H2,1-5H3. The van der Waals surface area contributed by atoms with Gasteiger partial charge in [0.25, 0.3) is 0 Å². The maximum atomic E-state index is 14.9. The fraction of sp³-hybridized carbons (Fsp3) is 0.440. The zero-order chi connectivity index (χ0) is 23.5. The quantitative estimate of drug-likeness (QED) is 0.607. The van der Waals surface area contributed by atoms with E-state index in [2.05, 4.69) is 0 Å². The number of ether oxygens (including phenoxy) is 3. The second kappa shape index (κ2) is 9.18. The Hall–Kier alpha value is -3.09. The highest BCUT2D eigenvalue weighted by atomic mass is 19.1. The van der Waals surface area contributed by atoms with Gasteiger partial charge in [0.2, 0.25) is 0 Å². The summed E-state index contributed by atoms with van der Waals surface area (Å²) in [6.45, 7) is 9.18. The number of esters is 1. The zero-order valence-electron chi connectivity index (χ0n) is 19.2. The van der Waals surface area contributed by atoms with Crippen LogP contribution in [0.15, 0.2) is 42.5 Å². The molecule has 2 aromatic rings. The van der Waals surface area contributed by atoms with Crippen LogP contribution in [-0.4, -0.2) is 34.7 Å². The summed E-state index contributed by atoms with van der Waals surface area (Å²) < 4.78 is 31.5. The molecule has 0 unspecified atom stereocenters. The van der Waals surface area contributed by atoms with Crippen molar-refractivity contribution in [2.75, 3.05) is 6.54 Å². The van der Waals surface area contributed by atoms with Gasteiger partial charge in [0.1, 0.15) is 23.8 Å². The van der Waals surface area contributed by atoms with Crippen LogP contribution in [0.25, 0.3) is 0 Å². The van der Waals surface area contributed by atoms with Crippen LogP contribution in [0.1, 0.15) is 51.3 Å². The van der Waals surface area contributed by atoms with Gasteiger partial charge >= 0.3 is 12.1 Å². The lowest BCUT2D eigenvalue weighted by Gasteiger charge is -2.31. The number of nitrogens with zero attached hydrogens (tertiary/aromatic N) is 1. The number of halogens is 1. The Morgan fingerprint density at radius 3 is 2.41 bits per heavy atom. The van der Waals surface area contributed by atoms with Gasteiger partial charge in [-0.05, 0) is 58.2 Å². The third-order valence-corrected chi connectivity index (χ3v) is 4.99. The Morgan fingerprint density at radius 1 is 1.06 bits per heavy atom. The van der Waals surface area contributed by atoms with Crippen LogP contribution < -0.4 is 4.74 Å². The van der Waals surface area contributed by atoms with Crippen molar-refractivity contribution in [3.63, 3.8) is 0 Å². The van der Waals surface area contributed by atoms with Crippen LogP contribution in [-0.2, 0) is 33.8 Å². The second-order valence-corrected chi connectivity index (χ2v) is 9.37. The summed E-state index contributed by atoms with van der Waals surface area (Å²) in [5.74, 6) is -0.772. The molecular formula is C25H30FNO5. The van der Waals surface area contributed by atoms with Gasteiger partial charge in [-0.1, -0.05) is 30.3 Å². The van der Waals surface area contributed by atoms with E-state index < -0.39 is 29.1 Å². The first-order valence-electron chi connectivity index (χ1n) is 10.6. The molecular weight excluding hydrogens is 413 g/mol. The van der Waals surface area contributed by atoms with Gasteiger partial charge in [-0.3, -0.25) is 0 Å². The minimum absolute atomic E-state index is 0.116. The molecule has 172 valence electrons. The molecule has 0 radical (unpaired) electrons. The fourth-order valence-electron chi connectivity index (χ4n) is 3.35. The monoisotopic (exact) mass is 443 g/mol. The number of hydrogen-bond donors (Lipinski definition) is 0. The average molecular weight is 444 g/mol. The van der Waals surface area contributed by atoms with Gasteiger partial charge in [-0.15, -0.1) is 0 Å². The summed E-state index contributed by atoms with van der Waals surface area (Å²) in [6, 6.07) is 12.3. The molecule has 32 heavy (non-hydrogen) atoms. The van der Waals surface area contributed by atoms with Gasteiger partial charge < -0.3 is 19.1 Å². The lowest BCUT2D eigenvalue weighted by molar-refractivity contribution is -0.170. The molecule has 1 heterocycles. The normalized spacial score (nSPS) is 13.9. The van der Waals surface area contributed by atoms with Crippen LogP contribution in [0.3, 0.4) is 0 Å². The largest absolute Gasteiger partial charge is 0.476 e. The molecule has 0 fully saturated rings. The summed E-state index contributed by atoms with van der Waals surface area (Å²) in [5, 5.41) is 0. The van der Waals surface area contributed by atoms with Crippen molar-refractivity contribution in [1.29, 1.82) is 0 Å². The topological polar surface area (TPSA) is 65.1 Å². The fourth-order valence-corrected chi connectivity index (χ4v) is 3.35. The number of benzene rings is 2. The Labute approximate surface area is 188 Å². The molecule has 3 rings (SSSR count). The van der Waals surface area contributed by atoms with Crippen LogP contribution in [0, 0.1) is 5.82 Å². The average Bonchev–Trinajstić information content (AvgIpc) is 2.71. The number of rotatable bonds is 5. The Kier molecular flexibility index (Phi) is 6.77. The van der Waals surface area contributed by atoms with Crippen molar-refractivity contribution in [2.24, 2.45) is 0 Å². The summed E-state index contributed by atoms with van der Waals surface area (Å²) in [4.78, 5) is 26.4. The molecule has 0 aromatic heterocycles. The molecule has 1 aliphatic heterocycles. The smallest absolute Gasteiger partial charge is 0.410 e. The van der Waals surface area contributed by atoms with E-state index in [0.29, 0.717) is 18.5 Å². The highest BCUT2D eigenvalue weighted by Gasteiger charge is 2.35. The van der Waals surface area contributed by atoms with E-state index in [-0.39, 0.29) is 18.9 Å². The van der Waals surface area contributed by atoms with Gasteiger partial charge in [-0.25, -0.2) is 14.0 Å². The maximum absolute atomic E-state index is 14.9. The van der Waals surface area contributed by atoms with E-state index in [9.17, 15) is 14.0 Å². The van der Waals surface area contributed by atoms with E-state index in [1.807, 2.05) is 30.3 Å². The van der Waals surface area contributed by atoms with E-state index >= 15 is 0 Å². The summed E-state index contributed by atoms with van der Waals surface area (Å²) in [5.41, 5.74) is 0.120. The van der Waals surface area contributed by atoms with E-state index in [1.54, 1.807) is 40.7 Å². The molecule has 0 bridgehead atoms. The maximum Gasteiger partial charge on any atom is 0.410 e. The number of fused-ring (bicyclic) bond motifs is 1. The van der Waals surface area contributed by atoms with Gasteiger partial charge in [0, 0.05) is 18.2 Å². The number of amides is 1. The lowest BCUT2D eigenvalue weighted by Crippen LogP contribution is -2.43. The zero-order valence-corrected chi connectivity index (χ0v) is 19.2. The first kappa shape index (κ1) is 23.6. The van der Waals surface area contributed by atoms with Gasteiger partial charge in [0.15, 0.2) is 5.60 Å². The minimum atomic E-state index is -1.28. The first-order valence-corrected chi connectivity index (χ1v) is 10.6. The molecule has 0 saturated carbocycles. The minimum Gasteiger partial charge on any atom is -0.476 e. The summed E-state index contributed by atoms with van der Waals surface area (Å²) in [7, 11) is 0. The molecule has 0 saturated heterocycles. The van der Waals surface area contributed by atoms with Crippen LogP contribution >= 0.6 is 0 Å². The molecule has 0 atom stereocenters. The van der Waals surface area contributed by atoms with Crippen molar-refractivity contribution in [1.82, 2.24) is 4.90 Å². The molecule has 0 aliphatic carbocycles. The van der Waals surface area contributed by atoms with Crippen LogP contribution in [0.5, 0.6) is 5.75 Å². The summed E-state index contributed by atoms with van der Waals surface area (Å²) in [6.07, 6.45) is -0.0261. The third kappa shape index (κ3) is 5.99. The second-order valence-electron chi connectivity index (χ2n) is 9.37. The predicted molar refractivity (Wildman–Crippen MR) is 118 cm³/mol. The highest BCUT2D eigenvalue weighted by Crippen LogP contribution is 2.30. The van der Waals surface area contributed by atoms with Gasteiger partial charge in [-0.2, -0.15) is 0 Å². The van der Waals surface area contributed by atoms with Crippen molar-refractivity contribution in [2.45, 2.75) is 65.4 Å². The molecule has 7 heteroatoms. The third-order valence-electron chi connectivity index (χ3n) is 4.99. The Balaban J connectivity index is 1.66. The van der Waals surface area contributed by atoms with Crippen molar-refractivity contribution in [3.8, 4) is 5.75 Å². The predicted octanol–water partition coefficient (Wildman–Crippen LogP) is 5.02. The van der Waals surface area contributed by atoms with Crippen LogP contribution in [0.2, 0.25) is 0 Å². The molecule has 1 amide bonds. The SMILES string of the molecule is CC(C)(C)OC(=O)C(C)(C)Oc1cc(F)c2c(c1)CCN(C(=O)OCc1ccccc1)C2. The molecule has 2 aromatic carbocycles. The Bertz CT molecular complexity index is 982. The number of carbonyl (C=O) groups is 2. The lowest BCUT2D eigenvalue weighted by atomic mass is 9.98. The highest BCUT2D eigenvalue weighted by molar-refractivity contribution is 5.79. The first-order chi connectivity index (χ1) is 14.9. The number of hydrogen-bond acceptors (Lipinski definition) is 5. The van der Waals surface area contributed by atoms with Crippen LogP contribution in [0.4, 0.5) is 9.18 Å². The van der Waals surface area contributed by atoms with E-state index in [1.165, 1.54) is 11.0 Å². The Morgan fingerprint density at radius 2 is 1.75 bits per heavy atom. The molecule has 6 nitrogen and oxygen atoms in total. The van der Waals surface area contributed by atoms with Crippen molar-refractivity contribution < 1.29 is 28.2 Å². The van der Waals surface area contributed by atoms with Crippen molar-refractivity contribution in [3.05, 3.63) is 65.0 Å². The number of carbonyl (C=O) groups excluding carboxylic acids is 2. The molecule has 0 spiro atoms. The van der Waals surface area contributed by atoms with E-state index in [4.69, 9.17) is 14.2 Å². The molecule has 0 N–H and O–H groups in total. The van der Waals surface area contributed by atoms with Crippen molar-refractivity contribution >= 4 is 12.1 Å². The molecule has 1 aliphatic rings. The summed E-state index contributed by atoms with van der Waals surface area (Å²) >= 11 is 0.